The second kappa shape index (κ2) is 8.34. The SMILES string of the molecule is CSc1ccc(/C=C/C(=O)NCC(O)c2csc3ccccc23)cc1. The number of thiophene rings is 1. The molecule has 0 saturated heterocycles. The summed E-state index contributed by atoms with van der Waals surface area (Å²) >= 11 is 3.28. The zero-order valence-electron chi connectivity index (χ0n) is 13.8. The van der Waals surface area contributed by atoms with Crippen molar-refractivity contribution in [1.29, 1.82) is 0 Å². The van der Waals surface area contributed by atoms with Crippen LogP contribution in [0.1, 0.15) is 17.2 Å². The molecule has 3 nitrogen and oxygen atoms in total. The molecular formula is C20H19NO2S2. The lowest BCUT2D eigenvalue weighted by molar-refractivity contribution is -0.116. The van der Waals surface area contributed by atoms with Crippen LogP contribution >= 0.6 is 23.1 Å². The first-order valence-corrected chi connectivity index (χ1v) is 10.0. The normalized spacial score (nSPS) is 12.6. The molecule has 5 heteroatoms. The van der Waals surface area contributed by atoms with Gasteiger partial charge >= 0.3 is 0 Å². The van der Waals surface area contributed by atoms with E-state index in [-0.39, 0.29) is 12.5 Å². The zero-order chi connectivity index (χ0) is 17.6. The minimum atomic E-state index is -0.714. The van der Waals surface area contributed by atoms with Gasteiger partial charge < -0.3 is 10.4 Å². The van der Waals surface area contributed by atoms with Crippen LogP contribution < -0.4 is 5.32 Å². The molecule has 2 aromatic carbocycles. The summed E-state index contributed by atoms with van der Waals surface area (Å²) in [5.41, 5.74) is 1.83. The monoisotopic (exact) mass is 369 g/mol. The number of rotatable bonds is 6. The van der Waals surface area contributed by atoms with Crippen LogP contribution in [0.3, 0.4) is 0 Å². The largest absolute Gasteiger partial charge is 0.387 e. The second-order valence-corrected chi connectivity index (χ2v) is 7.35. The summed E-state index contributed by atoms with van der Waals surface area (Å²) in [6, 6.07) is 15.9. The van der Waals surface area contributed by atoms with Crippen molar-refractivity contribution in [2.75, 3.05) is 12.8 Å². The number of aliphatic hydroxyl groups is 1. The van der Waals surface area contributed by atoms with Crippen molar-refractivity contribution in [2.24, 2.45) is 0 Å². The summed E-state index contributed by atoms with van der Waals surface area (Å²) in [6.45, 7) is 0.190. The minimum absolute atomic E-state index is 0.190. The van der Waals surface area contributed by atoms with Crippen LogP contribution in [-0.4, -0.2) is 23.8 Å². The van der Waals surface area contributed by atoms with E-state index in [4.69, 9.17) is 0 Å². The Bertz CT molecular complexity index is 884. The van der Waals surface area contributed by atoms with Gasteiger partial charge in [-0.1, -0.05) is 30.3 Å². The molecule has 3 rings (SSSR count). The number of fused-ring (bicyclic) bond motifs is 1. The quantitative estimate of drug-likeness (QED) is 0.497. The van der Waals surface area contributed by atoms with E-state index < -0.39 is 6.10 Å². The molecule has 1 atom stereocenters. The van der Waals surface area contributed by atoms with Gasteiger partial charge in [0, 0.05) is 27.8 Å². The average Bonchev–Trinajstić information content (AvgIpc) is 3.09. The van der Waals surface area contributed by atoms with Crippen molar-refractivity contribution in [3.05, 3.63) is 71.1 Å². The Labute approximate surface area is 155 Å². The van der Waals surface area contributed by atoms with Gasteiger partial charge in [0.15, 0.2) is 0 Å². The van der Waals surface area contributed by atoms with E-state index in [1.807, 2.05) is 60.2 Å². The number of thioether (sulfide) groups is 1. The molecule has 0 aliphatic heterocycles. The fourth-order valence-corrected chi connectivity index (χ4v) is 3.93. The maximum absolute atomic E-state index is 12.0. The Morgan fingerprint density at radius 3 is 2.76 bits per heavy atom. The molecule has 0 fully saturated rings. The summed E-state index contributed by atoms with van der Waals surface area (Å²) in [7, 11) is 0. The standard InChI is InChI=1S/C20H19NO2S2/c1-24-15-9-6-14(7-10-15)8-11-20(23)21-12-18(22)17-13-25-19-5-3-2-4-16(17)19/h2-11,13,18,22H,12H2,1H3,(H,21,23)/b11-8+. The van der Waals surface area contributed by atoms with E-state index in [2.05, 4.69) is 5.32 Å². The summed E-state index contributed by atoms with van der Waals surface area (Å²) in [5, 5.41) is 16.1. The third-order valence-electron chi connectivity index (χ3n) is 3.88. The molecule has 25 heavy (non-hydrogen) atoms. The van der Waals surface area contributed by atoms with Crippen molar-refractivity contribution < 1.29 is 9.90 Å². The number of carbonyl (C=O) groups is 1. The molecule has 0 aliphatic carbocycles. The third kappa shape index (κ3) is 4.51. The molecular weight excluding hydrogens is 350 g/mol. The Hall–Kier alpha value is -2.08. The smallest absolute Gasteiger partial charge is 0.244 e. The van der Waals surface area contributed by atoms with Crippen molar-refractivity contribution in [3.8, 4) is 0 Å². The number of hydrogen-bond acceptors (Lipinski definition) is 4. The van der Waals surface area contributed by atoms with E-state index in [9.17, 15) is 9.90 Å². The van der Waals surface area contributed by atoms with Crippen molar-refractivity contribution in [2.45, 2.75) is 11.0 Å². The van der Waals surface area contributed by atoms with E-state index >= 15 is 0 Å². The van der Waals surface area contributed by atoms with Gasteiger partial charge in [0.05, 0.1) is 6.10 Å². The Balaban J connectivity index is 1.57. The lowest BCUT2D eigenvalue weighted by atomic mass is 10.1. The highest BCUT2D eigenvalue weighted by Crippen LogP contribution is 2.29. The Kier molecular flexibility index (Phi) is 5.91. The molecule has 0 bridgehead atoms. The van der Waals surface area contributed by atoms with Gasteiger partial charge in [0.2, 0.25) is 5.91 Å². The molecule has 3 aromatic rings. The van der Waals surface area contributed by atoms with Crippen LogP contribution in [0.2, 0.25) is 0 Å². The minimum Gasteiger partial charge on any atom is -0.387 e. The van der Waals surface area contributed by atoms with Gasteiger partial charge in [0.1, 0.15) is 0 Å². The van der Waals surface area contributed by atoms with Gasteiger partial charge in [0.25, 0.3) is 0 Å². The predicted octanol–water partition coefficient (Wildman–Crippen LogP) is 4.49. The number of benzene rings is 2. The van der Waals surface area contributed by atoms with Crippen LogP contribution in [0.25, 0.3) is 16.2 Å². The highest BCUT2D eigenvalue weighted by molar-refractivity contribution is 7.98. The maximum Gasteiger partial charge on any atom is 0.244 e. The maximum atomic E-state index is 12.0. The first-order valence-electron chi connectivity index (χ1n) is 7.91. The first kappa shape index (κ1) is 17.7. The molecule has 0 aliphatic rings. The number of hydrogen-bond donors (Lipinski definition) is 2. The Morgan fingerprint density at radius 1 is 1.24 bits per heavy atom. The summed E-state index contributed by atoms with van der Waals surface area (Å²) in [6.07, 6.45) is 4.58. The topological polar surface area (TPSA) is 49.3 Å². The van der Waals surface area contributed by atoms with Crippen molar-refractivity contribution in [1.82, 2.24) is 5.32 Å². The number of amides is 1. The number of nitrogens with one attached hydrogen (secondary N) is 1. The van der Waals surface area contributed by atoms with E-state index in [1.54, 1.807) is 29.2 Å². The Morgan fingerprint density at radius 2 is 2.00 bits per heavy atom. The van der Waals surface area contributed by atoms with Crippen LogP contribution in [0, 0.1) is 0 Å². The molecule has 128 valence electrons. The fraction of sp³-hybridized carbons (Fsp3) is 0.150. The van der Waals surface area contributed by atoms with E-state index in [0.717, 1.165) is 21.2 Å². The van der Waals surface area contributed by atoms with Gasteiger partial charge in [-0.15, -0.1) is 23.1 Å². The van der Waals surface area contributed by atoms with Crippen LogP contribution in [0.4, 0.5) is 0 Å². The highest BCUT2D eigenvalue weighted by Gasteiger charge is 2.13. The molecule has 0 saturated carbocycles. The first-order chi connectivity index (χ1) is 12.2. The lowest BCUT2D eigenvalue weighted by Gasteiger charge is -2.10. The molecule has 2 N–H and O–H groups in total. The second-order valence-electron chi connectivity index (χ2n) is 5.55. The van der Waals surface area contributed by atoms with Crippen molar-refractivity contribution >= 4 is 45.2 Å². The van der Waals surface area contributed by atoms with Crippen LogP contribution in [-0.2, 0) is 4.79 Å². The molecule has 0 radical (unpaired) electrons. The average molecular weight is 370 g/mol. The van der Waals surface area contributed by atoms with E-state index in [1.165, 1.54) is 11.0 Å². The number of carbonyl (C=O) groups excluding carboxylic acids is 1. The van der Waals surface area contributed by atoms with Gasteiger partial charge in [-0.25, -0.2) is 0 Å². The zero-order valence-corrected chi connectivity index (χ0v) is 15.4. The van der Waals surface area contributed by atoms with Crippen molar-refractivity contribution in [3.63, 3.8) is 0 Å². The van der Waals surface area contributed by atoms with E-state index in [0.29, 0.717) is 0 Å². The lowest BCUT2D eigenvalue weighted by Crippen LogP contribution is -2.26. The molecule has 0 spiro atoms. The summed E-state index contributed by atoms with van der Waals surface area (Å²) in [4.78, 5) is 13.2. The summed E-state index contributed by atoms with van der Waals surface area (Å²) < 4.78 is 1.14. The number of aliphatic hydroxyl groups excluding tert-OH is 1. The van der Waals surface area contributed by atoms with Crippen LogP contribution in [0.15, 0.2) is 64.9 Å². The molecule has 1 heterocycles. The van der Waals surface area contributed by atoms with Gasteiger partial charge in [-0.3, -0.25) is 4.79 Å². The van der Waals surface area contributed by atoms with Gasteiger partial charge in [-0.05, 0) is 46.9 Å². The molecule has 1 aromatic heterocycles. The predicted molar refractivity (Wildman–Crippen MR) is 107 cm³/mol. The van der Waals surface area contributed by atoms with Gasteiger partial charge in [-0.2, -0.15) is 0 Å². The summed E-state index contributed by atoms with van der Waals surface area (Å²) in [5.74, 6) is -0.215. The molecule has 1 amide bonds. The molecule has 1 unspecified atom stereocenters. The fourth-order valence-electron chi connectivity index (χ4n) is 2.51. The van der Waals surface area contributed by atoms with Crippen LogP contribution in [0.5, 0.6) is 0 Å². The third-order valence-corrected chi connectivity index (χ3v) is 5.61. The highest BCUT2D eigenvalue weighted by atomic mass is 32.2.